The second kappa shape index (κ2) is 6.79. The Labute approximate surface area is 122 Å². The molecule has 0 heterocycles. The summed E-state index contributed by atoms with van der Waals surface area (Å²) >= 11 is 3.94. The van der Waals surface area contributed by atoms with Crippen molar-refractivity contribution in [3.63, 3.8) is 0 Å². The average Bonchev–Trinajstić information content (AvgIpc) is 2.40. The number of para-hydroxylation sites is 1. The first-order valence-corrected chi connectivity index (χ1v) is 8.03. The molecule has 0 aliphatic carbocycles. The summed E-state index contributed by atoms with van der Waals surface area (Å²) in [6.45, 7) is 0. The molecule has 0 unspecified atom stereocenters. The third kappa shape index (κ3) is 3.74. The molecule has 2 rings (SSSR count). The summed E-state index contributed by atoms with van der Waals surface area (Å²) in [6.07, 6.45) is 2.13. The van der Waals surface area contributed by atoms with E-state index in [0.29, 0.717) is 15.0 Å². The Morgan fingerprint density at radius 3 is 2.44 bits per heavy atom. The monoisotopic (exact) mass is 368 g/mol. The number of benzene rings is 2. The molecule has 0 N–H and O–H groups in total. The van der Waals surface area contributed by atoms with Gasteiger partial charge >= 0.3 is 123 Å². The molecule has 92 valence electrons. The van der Waals surface area contributed by atoms with Crippen molar-refractivity contribution in [1.82, 2.24) is 0 Å². The van der Waals surface area contributed by atoms with Gasteiger partial charge < -0.3 is 0 Å². The number of hydrogen-bond acceptors (Lipinski definition) is 1. The Kier molecular flexibility index (Phi) is 5.06. The summed E-state index contributed by atoms with van der Waals surface area (Å²) in [6, 6.07) is 18.5. The summed E-state index contributed by atoms with van der Waals surface area (Å²) in [5.41, 5.74) is 1.10. The summed E-state index contributed by atoms with van der Waals surface area (Å²) in [5, 5.41) is 0. The predicted molar refractivity (Wildman–Crippen MR) is 81.7 cm³/mol. The second-order valence-corrected chi connectivity index (χ2v) is 7.98. The van der Waals surface area contributed by atoms with Gasteiger partial charge in [-0.25, -0.2) is 0 Å². The Hall–Kier alpha value is -1.02. The van der Waals surface area contributed by atoms with Gasteiger partial charge in [-0.1, -0.05) is 0 Å². The van der Waals surface area contributed by atoms with Gasteiger partial charge in [0.05, 0.1) is 0 Å². The van der Waals surface area contributed by atoms with Gasteiger partial charge in [-0.3, -0.25) is 0 Å². The van der Waals surface area contributed by atoms with Crippen molar-refractivity contribution in [3.05, 3.63) is 63.5 Å². The van der Waals surface area contributed by atoms with Crippen LogP contribution < -0.4 is 9.20 Å². The van der Waals surface area contributed by atoms with Gasteiger partial charge in [0, 0.05) is 0 Å². The molecule has 0 atom stereocenters. The Bertz CT molecular complexity index is 537. The third-order valence-electron chi connectivity index (χ3n) is 2.37. The molecule has 0 radical (unpaired) electrons. The van der Waals surface area contributed by atoms with E-state index in [1.54, 1.807) is 7.11 Å². The maximum absolute atomic E-state index is 5.34. The fourth-order valence-electron chi connectivity index (χ4n) is 1.54. The zero-order valence-corrected chi connectivity index (χ0v) is 13.3. The summed E-state index contributed by atoms with van der Waals surface area (Å²) in [4.78, 5) is 0. The van der Waals surface area contributed by atoms with Crippen LogP contribution in [0.3, 0.4) is 0 Å². The number of ether oxygens (including phenoxy) is 1. The molecular formula is C15H13BrOSe. The molecule has 3 heteroatoms. The maximum atomic E-state index is 5.34. The molecular weight excluding hydrogens is 355 g/mol. The van der Waals surface area contributed by atoms with Crippen molar-refractivity contribution in [2.24, 2.45) is 0 Å². The first-order valence-electron chi connectivity index (χ1n) is 5.52. The molecule has 0 bridgehead atoms. The SMILES string of the molecule is COc1ccccc1/C=C(/Br)[Se]c1ccccc1. The molecule has 2 aromatic rings. The Morgan fingerprint density at radius 2 is 1.72 bits per heavy atom. The molecule has 0 aliphatic heterocycles. The van der Waals surface area contributed by atoms with Crippen molar-refractivity contribution < 1.29 is 4.74 Å². The van der Waals surface area contributed by atoms with Gasteiger partial charge in [0.15, 0.2) is 0 Å². The summed E-state index contributed by atoms with van der Waals surface area (Å²) in [7, 11) is 1.70. The molecule has 0 fully saturated rings. The van der Waals surface area contributed by atoms with Gasteiger partial charge in [-0.2, -0.15) is 0 Å². The second-order valence-electron chi connectivity index (χ2n) is 3.61. The van der Waals surface area contributed by atoms with Crippen molar-refractivity contribution in [3.8, 4) is 5.75 Å². The van der Waals surface area contributed by atoms with Crippen LogP contribution in [0.15, 0.2) is 58.0 Å². The summed E-state index contributed by atoms with van der Waals surface area (Å²) in [5.74, 6) is 0.901. The Balaban J connectivity index is 2.18. The van der Waals surface area contributed by atoms with Crippen molar-refractivity contribution in [1.29, 1.82) is 0 Å². The van der Waals surface area contributed by atoms with Crippen LogP contribution in [0.2, 0.25) is 0 Å². The number of hydrogen-bond donors (Lipinski definition) is 0. The van der Waals surface area contributed by atoms with E-state index in [9.17, 15) is 0 Å². The molecule has 1 nitrogen and oxygen atoms in total. The van der Waals surface area contributed by atoms with Crippen LogP contribution in [0.4, 0.5) is 0 Å². The number of halogens is 1. The molecule has 2 aromatic carbocycles. The van der Waals surface area contributed by atoms with E-state index in [2.05, 4.69) is 52.3 Å². The zero-order valence-electron chi connectivity index (χ0n) is 9.97. The molecule has 18 heavy (non-hydrogen) atoms. The van der Waals surface area contributed by atoms with Crippen molar-refractivity contribution in [2.45, 2.75) is 0 Å². The predicted octanol–water partition coefficient (Wildman–Crippen LogP) is 3.42. The third-order valence-corrected chi connectivity index (χ3v) is 5.16. The van der Waals surface area contributed by atoms with Gasteiger partial charge in [-0.05, 0) is 0 Å². The molecule has 0 saturated heterocycles. The average molecular weight is 368 g/mol. The molecule has 0 saturated carbocycles. The first kappa shape index (κ1) is 13.4. The van der Waals surface area contributed by atoms with Crippen LogP contribution in [0.5, 0.6) is 5.75 Å². The van der Waals surface area contributed by atoms with Crippen LogP contribution in [0, 0.1) is 0 Å². The minimum atomic E-state index is 0.294. The van der Waals surface area contributed by atoms with E-state index < -0.39 is 0 Å². The minimum absolute atomic E-state index is 0.294. The van der Waals surface area contributed by atoms with Crippen LogP contribution in [0.25, 0.3) is 6.08 Å². The van der Waals surface area contributed by atoms with E-state index in [1.807, 2.05) is 24.3 Å². The first-order chi connectivity index (χ1) is 8.79. The van der Waals surface area contributed by atoms with Gasteiger partial charge in [0.2, 0.25) is 0 Å². The fraction of sp³-hybridized carbons (Fsp3) is 0.0667. The van der Waals surface area contributed by atoms with Crippen LogP contribution in [0.1, 0.15) is 5.56 Å². The number of methoxy groups -OCH3 is 1. The van der Waals surface area contributed by atoms with Crippen molar-refractivity contribution in [2.75, 3.05) is 7.11 Å². The number of rotatable bonds is 4. The zero-order chi connectivity index (χ0) is 12.8. The fourth-order valence-corrected chi connectivity index (χ4v) is 4.23. The summed E-state index contributed by atoms with van der Waals surface area (Å²) < 4.78 is 7.89. The molecule has 0 spiro atoms. The van der Waals surface area contributed by atoms with Crippen LogP contribution in [-0.2, 0) is 0 Å². The van der Waals surface area contributed by atoms with E-state index in [4.69, 9.17) is 4.74 Å². The van der Waals surface area contributed by atoms with E-state index in [0.717, 1.165) is 11.3 Å². The normalized spacial score (nSPS) is 11.3. The van der Waals surface area contributed by atoms with Gasteiger partial charge in [-0.15, -0.1) is 0 Å². The van der Waals surface area contributed by atoms with Crippen LogP contribution in [-0.4, -0.2) is 22.1 Å². The molecule has 0 amide bonds. The standard InChI is InChI=1S/C15H13BrOSe/c1-17-14-10-6-5-7-12(14)11-15(16)18-13-8-3-2-4-9-13/h2-11H,1H3/b15-11-. The quantitative estimate of drug-likeness (QED) is 0.752. The van der Waals surface area contributed by atoms with Crippen LogP contribution >= 0.6 is 15.9 Å². The van der Waals surface area contributed by atoms with E-state index in [1.165, 1.54) is 7.84 Å². The van der Waals surface area contributed by atoms with Gasteiger partial charge in [0.25, 0.3) is 0 Å². The van der Waals surface area contributed by atoms with E-state index in [-0.39, 0.29) is 0 Å². The molecule has 0 aliphatic rings. The van der Waals surface area contributed by atoms with Crippen molar-refractivity contribution >= 4 is 41.4 Å². The van der Waals surface area contributed by atoms with E-state index >= 15 is 0 Å². The molecule has 0 aromatic heterocycles. The van der Waals surface area contributed by atoms with Gasteiger partial charge in [0.1, 0.15) is 0 Å². The Morgan fingerprint density at radius 1 is 1.06 bits per heavy atom. The topological polar surface area (TPSA) is 9.23 Å².